The van der Waals surface area contributed by atoms with Gasteiger partial charge in [-0.25, -0.2) is 8.78 Å². The number of aryl methyl sites for hydroxylation is 2. The van der Waals surface area contributed by atoms with Gasteiger partial charge in [0.15, 0.2) is 0 Å². The predicted octanol–water partition coefficient (Wildman–Crippen LogP) is 4.61. The number of hydrogen-bond donors (Lipinski definition) is 1. The van der Waals surface area contributed by atoms with Crippen LogP contribution >= 0.6 is 0 Å². The van der Waals surface area contributed by atoms with E-state index in [1.807, 2.05) is 6.92 Å². The highest BCUT2D eigenvalue weighted by atomic mass is 19.1. The number of halogens is 2. The highest BCUT2D eigenvalue weighted by molar-refractivity contribution is 5.38. The molecule has 3 rings (SSSR count). The van der Waals surface area contributed by atoms with Gasteiger partial charge in [-0.1, -0.05) is 23.8 Å². The second-order valence-corrected chi connectivity index (χ2v) is 5.85. The fourth-order valence-electron chi connectivity index (χ4n) is 3.13. The Labute approximate surface area is 124 Å². The van der Waals surface area contributed by atoms with Crippen LogP contribution in [-0.4, -0.2) is 0 Å². The van der Waals surface area contributed by atoms with Crippen LogP contribution in [-0.2, 0) is 6.42 Å². The molecule has 1 aliphatic rings. The summed E-state index contributed by atoms with van der Waals surface area (Å²) < 4.78 is 27.2. The molecule has 0 aromatic heterocycles. The van der Waals surface area contributed by atoms with Crippen LogP contribution in [0.3, 0.4) is 0 Å². The molecule has 1 aliphatic carbocycles. The van der Waals surface area contributed by atoms with Crippen LogP contribution in [0.4, 0.5) is 8.78 Å². The SMILES string of the molecule is Cc1ccc2c(c1)C(NC(C)c1cc(F)ccc1F)CC2. The van der Waals surface area contributed by atoms with Gasteiger partial charge in [-0.15, -0.1) is 0 Å². The summed E-state index contributed by atoms with van der Waals surface area (Å²) in [5.74, 6) is -0.762. The van der Waals surface area contributed by atoms with Crippen molar-refractivity contribution in [3.63, 3.8) is 0 Å². The van der Waals surface area contributed by atoms with Gasteiger partial charge < -0.3 is 5.32 Å². The van der Waals surface area contributed by atoms with Crippen LogP contribution in [0.25, 0.3) is 0 Å². The molecule has 0 heterocycles. The van der Waals surface area contributed by atoms with Crippen molar-refractivity contribution in [2.75, 3.05) is 0 Å². The fourth-order valence-corrected chi connectivity index (χ4v) is 3.13. The highest BCUT2D eigenvalue weighted by Crippen LogP contribution is 2.34. The first kappa shape index (κ1) is 14.2. The third-order valence-electron chi connectivity index (χ3n) is 4.25. The Morgan fingerprint density at radius 1 is 1.14 bits per heavy atom. The first-order valence-corrected chi connectivity index (χ1v) is 7.35. The molecule has 0 radical (unpaired) electrons. The summed E-state index contributed by atoms with van der Waals surface area (Å²) in [6.07, 6.45) is 2.03. The van der Waals surface area contributed by atoms with Gasteiger partial charge in [0.2, 0.25) is 0 Å². The van der Waals surface area contributed by atoms with Crippen LogP contribution in [0.1, 0.15) is 47.7 Å². The van der Waals surface area contributed by atoms with Crippen LogP contribution in [0.2, 0.25) is 0 Å². The average molecular weight is 287 g/mol. The zero-order valence-electron chi connectivity index (χ0n) is 12.3. The molecule has 1 nitrogen and oxygen atoms in total. The zero-order valence-corrected chi connectivity index (χ0v) is 12.3. The van der Waals surface area contributed by atoms with E-state index in [1.54, 1.807) is 0 Å². The van der Waals surface area contributed by atoms with E-state index in [0.29, 0.717) is 5.56 Å². The van der Waals surface area contributed by atoms with Crippen LogP contribution in [0, 0.1) is 18.6 Å². The molecule has 2 atom stereocenters. The van der Waals surface area contributed by atoms with Crippen LogP contribution < -0.4 is 5.32 Å². The minimum Gasteiger partial charge on any atom is -0.303 e. The van der Waals surface area contributed by atoms with E-state index in [2.05, 4.69) is 30.4 Å². The molecule has 0 saturated heterocycles. The van der Waals surface area contributed by atoms with E-state index >= 15 is 0 Å². The summed E-state index contributed by atoms with van der Waals surface area (Å²) >= 11 is 0. The van der Waals surface area contributed by atoms with E-state index in [0.717, 1.165) is 18.9 Å². The summed E-state index contributed by atoms with van der Waals surface area (Å²) in [4.78, 5) is 0. The van der Waals surface area contributed by atoms with Crippen LogP contribution in [0.5, 0.6) is 0 Å². The van der Waals surface area contributed by atoms with Crippen molar-refractivity contribution in [2.24, 2.45) is 0 Å². The average Bonchev–Trinajstić information content (AvgIpc) is 2.84. The van der Waals surface area contributed by atoms with Gasteiger partial charge in [0.05, 0.1) is 0 Å². The Morgan fingerprint density at radius 2 is 1.95 bits per heavy atom. The smallest absolute Gasteiger partial charge is 0.128 e. The molecule has 21 heavy (non-hydrogen) atoms. The number of rotatable bonds is 3. The van der Waals surface area contributed by atoms with Crippen molar-refractivity contribution in [1.82, 2.24) is 5.32 Å². The Hall–Kier alpha value is -1.74. The van der Waals surface area contributed by atoms with Crippen molar-refractivity contribution >= 4 is 0 Å². The lowest BCUT2D eigenvalue weighted by Crippen LogP contribution is -2.24. The molecule has 0 saturated carbocycles. The second kappa shape index (κ2) is 5.57. The zero-order chi connectivity index (χ0) is 15.0. The molecule has 1 N–H and O–H groups in total. The Balaban J connectivity index is 1.82. The van der Waals surface area contributed by atoms with Crippen LogP contribution in [0.15, 0.2) is 36.4 Å². The quantitative estimate of drug-likeness (QED) is 0.869. The first-order chi connectivity index (χ1) is 10.0. The van der Waals surface area contributed by atoms with E-state index in [1.165, 1.54) is 28.8 Å². The van der Waals surface area contributed by atoms with Crippen molar-refractivity contribution in [1.29, 1.82) is 0 Å². The summed E-state index contributed by atoms with van der Waals surface area (Å²) in [6, 6.07) is 10.1. The van der Waals surface area contributed by atoms with Gasteiger partial charge in [0.1, 0.15) is 11.6 Å². The van der Waals surface area contributed by atoms with Gasteiger partial charge in [0.25, 0.3) is 0 Å². The monoisotopic (exact) mass is 287 g/mol. The molecular formula is C18H19F2N. The normalized spacial score (nSPS) is 18.6. The maximum atomic E-state index is 13.8. The Bertz CT molecular complexity index is 666. The van der Waals surface area contributed by atoms with Gasteiger partial charge in [-0.05, 0) is 56.0 Å². The summed E-state index contributed by atoms with van der Waals surface area (Å²) in [5, 5.41) is 3.44. The lowest BCUT2D eigenvalue weighted by Gasteiger charge is -2.21. The lowest BCUT2D eigenvalue weighted by molar-refractivity contribution is 0.447. The number of nitrogens with one attached hydrogen (secondary N) is 1. The molecule has 0 bridgehead atoms. The Morgan fingerprint density at radius 3 is 2.76 bits per heavy atom. The second-order valence-electron chi connectivity index (χ2n) is 5.85. The summed E-state index contributed by atoms with van der Waals surface area (Å²) in [5.41, 5.74) is 4.26. The molecule has 2 aromatic rings. The Kier molecular flexibility index (Phi) is 3.77. The molecule has 0 fully saturated rings. The topological polar surface area (TPSA) is 12.0 Å². The standard InChI is InChI=1S/C18H19F2N/c1-11-3-4-13-5-8-18(16(13)9-11)21-12(2)15-10-14(19)6-7-17(15)20/h3-4,6-7,9-10,12,18,21H,5,8H2,1-2H3. The van der Waals surface area contributed by atoms with Crippen molar-refractivity contribution in [2.45, 2.75) is 38.8 Å². The van der Waals surface area contributed by atoms with Gasteiger partial charge in [-0.2, -0.15) is 0 Å². The van der Waals surface area contributed by atoms with E-state index in [-0.39, 0.29) is 17.9 Å². The number of fused-ring (bicyclic) bond motifs is 1. The maximum Gasteiger partial charge on any atom is 0.128 e. The predicted molar refractivity (Wildman–Crippen MR) is 80.1 cm³/mol. The first-order valence-electron chi connectivity index (χ1n) is 7.35. The molecule has 3 heteroatoms. The largest absolute Gasteiger partial charge is 0.303 e. The highest BCUT2D eigenvalue weighted by Gasteiger charge is 2.24. The number of hydrogen-bond acceptors (Lipinski definition) is 1. The molecule has 0 amide bonds. The maximum absolute atomic E-state index is 13.8. The van der Waals surface area contributed by atoms with Crippen molar-refractivity contribution in [3.05, 3.63) is 70.3 Å². The number of benzene rings is 2. The van der Waals surface area contributed by atoms with E-state index in [9.17, 15) is 8.78 Å². The summed E-state index contributed by atoms with van der Waals surface area (Å²) in [7, 11) is 0. The molecule has 110 valence electrons. The minimum absolute atomic E-state index is 0.206. The molecule has 2 aromatic carbocycles. The molecular weight excluding hydrogens is 268 g/mol. The van der Waals surface area contributed by atoms with Crippen molar-refractivity contribution < 1.29 is 8.78 Å². The lowest BCUT2D eigenvalue weighted by atomic mass is 10.0. The fraction of sp³-hybridized carbons (Fsp3) is 0.333. The van der Waals surface area contributed by atoms with Gasteiger partial charge in [0, 0.05) is 17.6 Å². The van der Waals surface area contributed by atoms with Crippen molar-refractivity contribution in [3.8, 4) is 0 Å². The molecule has 0 aliphatic heterocycles. The van der Waals surface area contributed by atoms with Gasteiger partial charge in [-0.3, -0.25) is 0 Å². The van der Waals surface area contributed by atoms with Gasteiger partial charge >= 0.3 is 0 Å². The molecule has 0 spiro atoms. The third-order valence-corrected chi connectivity index (χ3v) is 4.25. The molecule has 2 unspecified atom stereocenters. The van der Waals surface area contributed by atoms with E-state index in [4.69, 9.17) is 0 Å². The summed E-state index contributed by atoms with van der Waals surface area (Å²) in [6.45, 7) is 3.96. The third kappa shape index (κ3) is 2.84. The van der Waals surface area contributed by atoms with E-state index < -0.39 is 5.82 Å². The minimum atomic E-state index is -0.400.